The molecule has 0 saturated carbocycles. The molecule has 0 aliphatic rings. The van der Waals surface area contributed by atoms with Crippen molar-refractivity contribution in [2.24, 2.45) is 0 Å². The molecule has 0 fully saturated rings. The molecular formula is C24H24N2O2S. The van der Waals surface area contributed by atoms with Crippen LogP contribution in [0.3, 0.4) is 0 Å². The summed E-state index contributed by atoms with van der Waals surface area (Å²) in [5.41, 5.74) is 1.98. The van der Waals surface area contributed by atoms with Gasteiger partial charge in [0.2, 0.25) is 5.91 Å². The van der Waals surface area contributed by atoms with Gasteiger partial charge < -0.3 is 10.6 Å². The van der Waals surface area contributed by atoms with Crippen LogP contribution in [0.15, 0.2) is 89.8 Å². The van der Waals surface area contributed by atoms with Crippen LogP contribution < -0.4 is 10.6 Å². The molecule has 0 bridgehead atoms. The number of nitrogens with one attached hydrogen (secondary N) is 2. The fraction of sp³-hybridized carbons (Fsp3) is 0.167. The zero-order chi connectivity index (χ0) is 20.6. The summed E-state index contributed by atoms with van der Waals surface area (Å²) in [6.45, 7) is 3.79. The van der Waals surface area contributed by atoms with Crippen LogP contribution in [0.2, 0.25) is 0 Å². The second-order valence-corrected chi connectivity index (χ2v) is 8.13. The number of rotatable bonds is 7. The average Bonchev–Trinajstić information content (AvgIpc) is 2.75. The largest absolute Gasteiger partial charge is 0.345 e. The normalized spacial score (nSPS) is 12.6. The van der Waals surface area contributed by atoms with E-state index in [4.69, 9.17) is 0 Å². The van der Waals surface area contributed by atoms with Gasteiger partial charge in [-0.2, -0.15) is 0 Å². The van der Waals surface area contributed by atoms with E-state index in [-0.39, 0.29) is 23.1 Å². The van der Waals surface area contributed by atoms with Crippen molar-refractivity contribution in [1.82, 2.24) is 5.32 Å². The van der Waals surface area contributed by atoms with Gasteiger partial charge in [0.1, 0.15) is 0 Å². The van der Waals surface area contributed by atoms with Crippen molar-refractivity contribution in [2.45, 2.75) is 30.0 Å². The molecule has 0 aliphatic carbocycles. The maximum Gasteiger partial charge on any atom is 0.253 e. The Morgan fingerprint density at radius 3 is 2.07 bits per heavy atom. The first-order chi connectivity index (χ1) is 14.0. The number of carbonyl (C=O) groups excluding carboxylic acids is 2. The van der Waals surface area contributed by atoms with Crippen molar-refractivity contribution >= 4 is 29.3 Å². The highest BCUT2D eigenvalue weighted by molar-refractivity contribution is 8.00. The van der Waals surface area contributed by atoms with Gasteiger partial charge in [-0.05, 0) is 43.7 Å². The van der Waals surface area contributed by atoms with Crippen LogP contribution >= 0.6 is 11.8 Å². The summed E-state index contributed by atoms with van der Waals surface area (Å²) in [6.07, 6.45) is 0. The van der Waals surface area contributed by atoms with Gasteiger partial charge in [-0.3, -0.25) is 9.59 Å². The van der Waals surface area contributed by atoms with Crippen LogP contribution in [-0.2, 0) is 4.79 Å². The second kappa shape index (κ2) is 9.94. The molecule has 29 heavy (non-hydrogen) atoms. The Kier molecular flexibility index (Phi) is 7.09. The summed E-state index contributed by atoms with van der Waals surface area (Å²) in [4.78, 5) is 26.5. The third kappa shape index (κ3) is 5.72. The van der Waals surface area contributed by atoms with E-state index in [1.165, 1.54) is 11.8 Å². The molecule has 148 valence electrons. The van der Waals surface area contributed by atoms with Crippen LogP contribution in [0.5, 0.6) is 0 Å². The number of hydrogen-bond acceptors (Lipinski definition) is 3. The van der Waals surface area contributed by atoms with Gasteiger partial charge in [0.15, 0.2) is 0 Å². The highest BCUT2D eigenvalue weighted by Gasteiger charge is 2.19. The molecule has 3 aromatic rings. The van der Waals surface area contributed by atoms with E-state index in [1.807, 2.05) is 80.6 Å². The van der Waals surface area contributed by atoms with E-state index in [1.54, 1.807) is 18.2 Å². The first kappa shape index (κ1) is 20.7. The van der Waals surface area contributed by atoms with Crippen LogP contribution in [0.4, 0.5) is 5.69 Å². The molecule has 3 rings (SSSR count). The highest BCUT2D eigenvalue weighted by atomic mass is 32.2. The van der Waals surface area contributed by atoms with E-state index >= 15 is 0 Å². The van der Waals surface area contributed by atoms with Crippen LogP contribution in [0.25, 0.3) is 0 Å². The molecule has 0 aliphatic heterocycles. The number of anilines is 1. The van der Waals surface area contributed by atoms with E-state index < -0.39 is 0 Å². The van der Waals surface area contributed by atoms with Crippen molar-refractivity contribution in [3.63, 3.8) is 0 Å². The lowest BCUT2D eigenvalue weighted by Crippen LogP contribution is -2.29. The Labute approximate surface area is 175 Å². The molecule has 2 N–H and O–H groups in total. The SMILES string of the molecule is C[C@H](NC(=O)c1ccccc1NC(=O)[C@@H](C)Sc1ccccc1)c1ccccc1. The molecule has 0 saturated heterocycles. The number of thioether (sulfide) groups is 1. The predicted molar refractivity (Wildman–Crippen MR) is 119 cm³/mol. The van der Waals surface area contributed by atoms with Crippen LogP contribution in [-0.4, -0.2) is 17.1 Å². The highest BCUT2D eigenvalue weighted by Crippen LogP contribution is 2.25. The van der Waals surface area contributed by atoms with Gasteiger partial charge >= 0.3 is 0 Å². The molecular weight excluding hydrogens is 380 g/mol. The number of carbonyl (C=O) groups is 2. The maximum absolute atomic E-state index is 12.8. The number of para-hydroxylation sites is 1. The second-order valence-electron chi connectivity index (χ2n) is 6.71. The summed E-state index contributed by atoms with van der Waals surface area (Å²) >= 11 is 1.48. The van der Waals surface area contributed by atoms with Crippen LogP contribution in [0.1, 0.15) is 35.8 Å². The Bertz CT molecular complexity index is 961. The van der Waals surface area contributed by atoms with Crippen molar-refractivity contribution in [3.8, 4) is 0 Å². The minimum atomic E-state index is -0.295. The molecule has 3 aromatic carbocycles. The maximum atomic E-state index is 12.8. The fourth-order valence-electron chi connectivity index (χ4n) is 2.88. The zero-order valence-corrected chi connectivity index (χ0v) is 17.3. The minimum absolute atomic E-state index is 0.139. The van der Waals surface area contributed by atoms with E-state index in [9.17, 15) is 9.59 Å². The lowest BCUT2D eigenvalue weighted by molar-refractivity contribution is -0.115. The number of hydrogen-bond donors (Lipinski definition) is 2. The summed E-state index contributed by atoms with van der Waals surface area (Å²) < 4.78 is 0. The van der Waals surface area contributed by atoms with Gasteiger partial charge in [-0.1, -0.05) is 60.7 Å². The van der Waals surface area contributed by atoms with Crippen molar-refractivity contribution in [2.75, 3.05) is 5.32 Å². The first-order valence-corrected chi connectivity index (χ1v) is 10.4. The molecule has 0 heterocycles. The van der Waals surface area contributed by atoms with Gasteiger partial charge in [0.05, 0.1) is 22.5 Å². The van der Waals surface area contributed by atoms with Crippen molar-refractivity contribution in [1.29, 1.82) is 0 Å². The third-order valence-electron chi connectivity index (χ3n) is 4.50. The standard InChI is InChI=1S/C24H24N2O2S/c1-17(19-11-5-3-6-12-19)25-24(28)21-15-9-10-16-22(21)26-23(27)18(2)29-20-13-7-4-8-14-20/h3-18H,1-2H3,(H,25,28)(H,26,27)/t17-,18+/m0/s1. The van der Waals surface area contributed by atoms with E-state index in [0.29, 0.717) is 11.3 Å². The summed E-state index contributed by atoms with van der Waals surface area (Å²) in [7, 11) is 0. The number of benzene rings is 3. The lowest BCUT2D eigenvalue weighted by atomic mass is 10.1. The molecule has 0 spiro atoms. The average molecular weight is 405 g/mol. The van der Waals surface area contributed by atoms with E-state index in [2.05, 4.69) is 10.6 Å². The fourth-order valence-corrected chi connectivity index (χ4v) is 3.77. The molecule has 4 nitrogen and oxygen atoms in total. The molecule has 2 amide bonds. The monoisotopic (exact) mass is 404 g/mol. The van der Waals surface area contributed by atoms with Crippen LogP contribution in [0, 0.1) is 0 Å². The van der Waals surface area contributed by atoms with Crippen molar-refractivity contribution < 1.29 is 9.59 Å². The quantitative estimate of drug-likeness (QED) is 0.526. The topological polar surface area (TPSA) is 58.2 Å². The summed E-state index contributed by atoms with van der Waals surface area (Å²) in [6, 6.07) is 26.5. The minimum Gasteiger partial charge on any atom is -0.345 e. The van der Waals surface area contributed by atoms with E-state index in [0.717, 1.165) is 10.5 Å². The molecule has 5 heteroatoms. The Hall–Kier alpha value is -3.05. The van der Waals surface area contributed by atoms with Gasteiger partial charge in [0, 0.05) is 4.90 Å². The number of amides is 2. The Morgan fingerprint density at radius 2 is 1.38 bits per heavy atom. The van der Waals surface area contributed by atoms with Gasteiger partial charge in [-0.25, -0.2) is 0 Å². The molecule has 0 unspecified atom stereocenters. The summed E-state index contributed by atoms with van der Waals surface area (Å²) in [5.74, 6) is -0.365. The summed E-state index contributed by atoms with van der Waals surface area (Å²) in [5, 5.41) is 5.61. The Balaban J connectivity index is 1.68. The smallest absolute Gasteiger partial charge is 0.253 e. The van der Waals surface area contributed by atoms with Gasteiger partial charge in [0.25, 0.3) is 5.91 Å². The lowest BCUT2D eigenvalue weighted by Gasteiger charge is -2.17. The zero-order valence-electron chi connectivity index (χ0n) is 16.5. The first-order valence-electron chi connectivity index (χ1n) is 9.52. The molecule has 0 radical (unpaired) electrons. The van der Waals surface area contributed by atoms with Gasteiger partial charge in [-0.15, -0.1) is 11.8 Å². The predicted octanol–water partition coefficient (Wildman–Crippen LogP) is 5.30. The Morgan fingerprint density at radius 1 is 0.793 bits per heavy atom. The third-order valence-corrected chi connectivity index (χ3v) is 5.61. The molecule has 0 aromatic heterocycles. The molecule has 2 atom stereocenters. The van der Waals surface area contributed by atoms with Crippen molar-refractivity contribution in [3.05, 3.63) is 96.1 Å².